The fourth-order valence-corrected chi connectivity index (χ4v) is 2.45. The van der Waals surface area contributed by atoms with E-state index in [1.165, 1.54) is 0 Å². The largest absolute Gasteiger partial charge is 0.352 e. The Morgan fingerprint density at radius 1 is 1.47 bits per heavy atom. The molecule has 2 saturated heterocycles. The fourth-order valence-electron chi connectivity index (χ4n) is 2.45. The average Bonchev–Trinajstić information content (AvgIpc) is 2.65. The van der Waals surface area contributed by atoms with Gasteiger partial charge in [-0.1, -0.05) is 0 Å². The molecule has 0 aliphatic carbocycles. The minimum absolute atomic E-state index is 0.199. The molecular formula is C11H21N3O. The molecule has 2 aliphatic rings. The second-order valence-corrected chi connectivity index (χ2v) is 4.80. The van der Waals surface area contributed by atoms with Crippen LogP contribution in [0.2, 0.25) is 0 Å². The van der Waals surface area contributed by atoms with Crippen molar-refractivity contribution in [3.8, 4) is 0 Å². The topological polar surface area (TPSA) is 44.4 Å². The molecule has 0 aromatic rings. The summed E-state index contributed by atoms with van der Waals surface area (Å²) in [4.78, 5) is 14.2. The van der Waals surface area contributed by atoms with Crippen LogP contribution >= 0.6 is 0 Å². The van der Waals surface area contributed by atoms with Gasteiger partial charge in [0, 0.05) is 19.1 Å². The molecule has 0 aromatic carbocycles. The van der Waals surface area contributed by atoms with E-state index in [0.29, 0.717) is 6.04 Å². The van der Waals surface area contributed by atoms with Gasteiger partial charge < -0.3 is 15.5 Å². The predicted octanol–water partition coefficient (Wildman–Crippen LogP) is -0.194. The molecule has 1 amide bonds. The lowest BCUT2D eigenvalue weighted by Crippen LogP contribution is -2.45. The molecule has 2 aliphatic heterocycles. The van der Waals surface area contributed by atoms with Crippen molar-refractivity contribution in [2.75, 3.05) is 33.2 Å². The number of carbonyl (C=O) groups excluding carboxylic acids is 1. The number of nitrogens with zero attached hydrogens (tertiary/aromatic N) is 1. The van der Waals surface area contributed by atoms with Crippen LogP contribution in [0, 0.1) is 5.92 Å². The Balaban J connectivity index is 1.76. The molecule has 0 aromatic heterocycles. The van der Waals surface area contributed by atoms with E-state index < -0.39 is 0 Å². The van der Waals surface area contributed by atoms with Gasteiger partial charge in [-0.25, -0.2) is 0 Å². The van der Waals surface area contributed by atoms with E-state index in [1.54, 1.807) is 0 Å². The van der Waals surface area contributed by atoms with Gasteiger partial charge >= 0.3 is 0 Å². The summed E-state index contributed by atoms with van der Waals surface area (Å²) in [5.74, 6) is 0.451. The average molecular weight is 211 g/mol. The highest BCUT2D eigenvalue weighted by molar-refractivity contribution is 5.79. The summed E-state index contributed by atoms with van der Waals surface area (Å²) in [6.45, 7) is 4.03. The van der Waals surface area contributed by atoms with E-state index in [0.717, 1.165) is 45.4 Å². The monoisotopic (exact) mass is 211 g/mol. The first-order chi connectivity index (χ1) is 7.25. The lowest BCUT2D eigenvalue weighted by molar-refractivity contribution is -0.126. The Hall–Kier alpha value is -0.610. The van der Waals surface area contributed by atoms with Crippen LogP contribution in [0.3, 0.4) is 0 Å². The zero-order valence-corrected chi connectivity index (χ0v) is 9.46. The van der Waals surface area contributed by atoms with Crippen LogP contribution in [0.25, 0.3) is 0 Å². The van der Waals surface area contributed by atoms with Crippen LogP contribution < -0.4 is 10.6 Å². The Morgan fingerprint density at radius 2 is 2.33 bits per heavy atom. The van der Waals surface area contributed by atoms with Gasteiger partial charge in [-0.05, 0) is 39.4 Å². The van der Waals surface area contributed by atoms with Crippen molar-refractivity contribution in [1.82, 2.24) is 15.5 Å². The van der Waals surface area contributed by atoms with Crippen LogP contribution in [-0.4, -0.2) is 50.1 Å². The molecule has 2 rings (SSSR count). The molecule has 4 heteroatoms. The zero-order chi connectivity index (χ0) is 10.7. The van der Waals surface area contributed by atoms with E-state index in [-0.39, 0.29) is 11.8 Å². The van der Waals surface area contributed by atoms with E-state index in [9.17, 15) is 4.79 Å². The van der Waals surface area contributed by atoms with Gasteiger partial charge in [0.2, 0.25) is 5.91 Å². The number of likely N-dealkylation sites (tertiary alicyclic amines) is 1. The predicted molar refractivity (Wildman–Crippen MR) is 59.6 cm³/mol. The minimum atomic E-state index is 0.199. The molecule has 2 heterocycles. The zero-order valence-electron chi connectivity index (χ0n) is 9.46. The van der Waals surface area contributed by atoms with Crippen molar-refractivity contribution in [2.45, 2.75) is 25.3 Å². The normalized spacial score (nSPS) is 32.9. The van der Waals surface area contributed by atoms with Crippen LogP contribution in [0.5, 0.6) is 0 Å². The maximum absolute atomic E-state index is 11.9. The number of piperidine rings is 1. The molecule has 0 spiro atoms. The molecule has 2 unspecified atom stereocenters. The van der Waals surface area contributed by atoms with Crippen molar-refractivity contribution < 1.29 is 4.79 Å². The van der Waals surface area contributed by atoms with Gasteiger partial charge in [0.15, 0.2) is 0 Å². The van der Waals surface area contributed by atoms with Crippen molar-refractivity contribution in [3.05, 3.63) is 0 Å². The first-order valence-electron chi connectivity index (χ1n) is 5.95. The fraction of sp³-hybridized carbons (Fsp3) is 0.909. The highest BCUT2D eigenvalue weighted by atomic mass is 16.2. The minimum Gasteiger partial charge on any atom is -0.352 e. The molecule has 0 bridgehead atoms. The number of carbonyl (C=O) groups is 1. The SMILES string of the molecule is CN1CCC(NC(=O)C2CCCNC2)C1. The number of nitrogens with one attached hydrogen (secondary N) is 2. The third-order valence-corrected chi connectivity index (χ3v) is 3.41. The van der Waals surface area contributed by atoms with E-state index in [2.05, 4.69) is 22.6 Å². The van der Waals surface area contributed by atoms with E-state index in [4.69, 9.17) is 0 Å². The number of hydrogen-bond donors (Lipinski definition) is 2. The first kappa shape index (κ1) is 10.9. The van der Waals surface area contributed by atoms with Crippen molar-refractivity contribution in [1.29, 1.82) is 0 Å². The summed E-state index contributed by atoms with van der Waals surface area (Å²) in [5.41, 5.74) is 0. The summed E-state index contributed by atoms with van der Waals surface area (Å²) < 4.78 is 0. The molecular weight excluding hydrogens is 190 g/mol. The van der Waals surface area contributed by atoms with Crippen LogP contribution in [0.1, 0.15) is 19.3 Å². The van der Waals surface area contributed by atoms with E-state index in [1.807, 2.05) is 0 Å². The number of likely N-dealkylation sites (N-methyl/N-ethyl adjacent to an activating group) is 1. The Bertz CT molecular complexity index is 226. The third kappa shape index (κ3) is 2.92. The number of rotatable bonds is 2. The van der Waals surface area contributed by atoms with Gasteiger partial charge in [0.1, 0.15) is 0 Å². The summed E-state index contributed by atoms with van der Waals surface area (Å²) >= 11 is 0. The van der Waals surface area contributed by atoms with Gasteiger partial charge in [-0.3, -0.25) is 4.79 Å². The highest BCUT2D eigenvalue weighted by Crippen LogP contribution is 2.12. The molecule has 86 valence electrons. The molecule has 2 atom stereocenters. The van der Waals surface area contributed by atoms with Gasteiger partial charge in [0.25, 0.3) is 0 Å². The summed E-state index contributed by atoms with van der Waals surface area (Å²) in [6.07, 6.45) is 3.27. The van der Waals surface area contributed by atoms with Gasteiger partial charge in [-0.15, -0.1) is 0 Å². The molecule has 4 nitrogen and oxygen atoms in total. The molecule has 15 heavy (non-hydrogen) atoms. The van der Waals surface area contributed by atoms with Crippen molar-refractivity contribution in [3.63, 3.8) is 0 Å². The smallest absolute Gasteiger partial charge is 0.224 e. The standard InChI is InChI=1S/C11H21N3O/c1-14-6-4-10(8-14)13-11(15)9-3-2-5-12-7-9/h9-10,12H,2-8H2,1H3,(H,13,15). The molecule has 2 N–H and O–H groups in total. The Labute approximate surface area is 91.4 Å². The van der Waals surface area contributed by atoms with Crippen LogP contribution in [0.15, 0.2) is 0 Å². The molecule has 0 saturated carbocycles. The second-order valence-electron chi connectivity index (χ2n) is 4.80. The van der Waals surface area contributed by atoms with Gasteiger partial charge in [0.05, 0.1) is 5.92 Å². The highest BCUT2D eigenvalue weighted by Gasteiger charge is 2.26. The third-order valence-electron chi connectivity index (χ3n) is 3.41. The molecule has 2 fully saturated rings. The maximum Gasteiger partial charge on any atom is 0.224 e. The summed E-state index contributed by atoms with van der Waals surface area (Å²) in [5, 5.41) is 6.44. The van der Waals surface area contributed by atoms with Crippen LogP contribution in [-0.2, 0) is 4.79 Å². The lowest BCUT2D eigenvalue weighted by Gasteiger charge is -2.23. The van der Waals surface area contributed by atoms with Gasteiger partial charge in [-0.2, -0.15) is 0 Å². The second kappa shape index (κ2) is 4.94. The number of hydrogen-bond acceptors (Lipinski definition) is 3. The van der Waals surface area contributed by atoms with E-state index >= 15 is 0 Å². The first-order valence-corrected chi connectivity index (χ1v) is 5.95. The van der Waals surface area contributed by atoms with Crippen molar-refractivity contribution >= 4 is 5.91 Å². The summed E-state index contributed by atoms with van der Waals surface area (Å²) in [7, 11) is 2.11. The number of amides is 1. The maximum atomic E-state index is 11.9. The Morgan fingerprint density at radius 3 is 2.93 bits per heavy atom. The Kier molecular flexibility index (Phi) is 3.59. The molecule has 0 radical (unpaired) electrons. The van der Waals surface area contributed by atoms with Crippen LogP contribution in [0.4, 0.5) is 0 Å². The lowest BCUT2D eigenvalue weighted by atomic mass is 9.98. The summed E-state index contributed by atoms with van der Waals surface area (Å²) in [6, 6.07) is 0.379. The quantitative estimate of drug-likeness (QED) is 0.665. The van der Waals surface area contributed by atoms with Crippen molar-refractivity contribution in [2.24, 2.45) is 5.92 Å².